The van der Waals surface area contributed by atoms with Crippen LogP contribution in [0.4, 0.5) is 11.4 Å². The second-order valence-electron chi connectivity index (χ2n) is 4.38. The van der Waals surface area contributed by atoms with Crippen LogP contribution in [0.2, 0.25) is 0 Å². The first kappa shape index (κ1) is 12.2. The average molecular weight is 245 g/mol. The van der Waals surface area contributed by atoms with Gasteiger partial charge in [-0.15, -0.1) is 0 Å². The number of aryl methyl sites for hydroxylation is 3. The number of aromatic nitrogens is 2. The molecule has 0 radical (unpaired) electrons. The van der Waals surface area contributed by atoms with E-state index in [1.165, 1.54) is 11.8 Å². The van der Waals surface area contributed by atoms with Crippen LogP contribution in [0.15, 0.2) is 27.9 Å². The summed E-state index contributed by atoms with van der Waals surface area (Å²) in [6, 6.07) is 4.07. The number of rotatable bonds is 2. The van der Waals surface area contributed by atoms with Crippen LogP contribution in [0.5, 0.6) is 0 Å². The summed E-state index contributed by atoms with van der Waals surface area (Å²) in [4.78, 5) is 27.1. The number of hydrogen-bond donors (Lipinski definition) is 3. The van der Waals surface area contributed by atoms with Gasteiger partial charge in [-0.25, -0.2) is 4.79 Å². The Bertz CT molecular complexity index is 675. The monoisotopic (exact) mass is 245 g/mol. The van der Waals surface area contributed by atoms with Crippen LogP contribution in [0.3, 0.4) is 0 Å². The minimum atomic E-state index is -0.511. The summed E-state index contributed by atoms with van der Waals surface area (Å²) in [5, 5.41) is 3.05. The van der Waals surface area contributed by atoms with E-state index in [1.54, 1.807) is 0 Å². The van der Waals surface area contributed by atoms with E-state index >= 15 is 0 Å². The zero-order chi connectivity index (χ0) is 13.3. The maximum atomic E-state index is 11.6. The minimum absolute atomic E-state index is 0.324. The Labute approximate surface area is 104 Å². The fourth-order valence-electron chi connectivity index (χ4n) is 2.01. The van der Waals surface area contributed by atoms with Crippen LogP contribution < -0.4 is 16.6 Å². The molecule has 0 aliphatic rings. The molecule has 0 fully saturated rings. The molecule has 3 N–H and O–H groups in total. The zero-order valence-electron chi connectivity index (χ0n) is 10.5. The Morgan fingerprint density at radius 2 is 1.67 bits per heavy atom. The third kappa shape index (κ3) is 2.34. The lowest BCUT2D eigenvalue weighted by Gasteiger charge is -2.12. The predicted octanol–water partition coefficient (Wildman–Crippen LogP) is 1.73. The Kier molecular flexibility index (Phi) is 3.06. The topological polar surface area (TPSA) is 77.8 Å². The van der Waals surface area contributed by atoms with Crippen LogP contribution in [-0.4, -0.2) is 9.97 Å². The molecular weight excluding hydrogens is 230 g/mol. The summed E-state index contributed by atoms with van der Waals surface area (Å²) >= 11 is 0. The Morgan fingerprint density at radius 3 is 2.22 bits per heavy atom. The van der Waals surface area contributed by atoms with Crippen molar-refractivity contribution in [1.29, 1.82) is 0 Å². The molecule has 1 aromatic heterocycles. The highest BCUT2D eigenvalue weighted by molar-refractivity contribution is 5.66. The molecule has 0 aliphatic carbocycles. The van der Waals surface area contributed by atoms with Gasteiger partial charge in [0, 0.05) is 11.9 Å². The molecule has 0 amide bonds. The lowest BCUT2D eigenvalue weighted by atomic mass is 10.1. The van der Waals surface area contributed by atoms with Crippen molar-refractivity contribution in [3.05, 3.63) is 55.9 Å². The van der Waals surface area contributed by atoms with E-state index < -0.39 is 11.2 Å². The molecular formula is C13H15N3O2. The quantitative estimate of drug-likeness (QED) is 0.754. The summed E-state index contributed by atoms with van der Waals surface area (Å²) in [7, 11) is 0. The molecule has 2 aromatic rings. The summed E-state index contributed by atoms with van der Waals surface area (Å²) in [5.41, 5.74) is 3.55. The number of hydrogen-bond acceptors (Lipinski definition) is 3. The average Bonchev–Trinajstić information content (AvgIpc) is 2.25. The number of nitrogens with one attached hydrogen (secondary N) is 3. The number of anilines is 2. The molecule has 5 nitrogen and oxygen atoms in total. The highest BCUT2D eigenvalue weighted by atomic mass is 16.2. The summed E-state index contributed by atoms with van der Waals surface area (Å²) in [6.45, 7) is 5.97. The van der Waals surface area contributed by atoms with Gasteiger partial charge >= 0.3 is 5.69 Å². The van der Waals surface area contributed by atoms with Crippen LogP contribution in [0.1, 0.15) is 16.7 Å². The van der Waals surface area contributed by atoms with E-state index in [-0.39, 0.29) is 0 Å². The molecule has 0 bridgehead atoms. The van der Waals surface area contributed by atoms with Crippen molar-refractivity contribution < 1.29 is 0 Å². The van der Waals surface area contributed by atoms with E-state index in [2.05, 4.69) is 15.3 Å². The lowest BCUT2D eigenvalue weighted by molar-refractivity contribution is 1.04. The van der Waals surface area contributed by atoms with Gasteiger partial charge in [0.05, 0.1) is 0 Å². The molecule has 2 rings (SSSR count). The smallest absolute Gasteiger partial charge is 0.325 e. The third-order valence-electron chi connectivity index (χ3n) is 2.76. The molecule has 0 unspecified atom stereocenters. The Hall–Kier alpha value is -2.30. The molecule has 1 heterocycles. The Morgan fingerprint density at radius 1 is 1.06 bits per heavy atom. The lowest BCUT2D eigenvalue weighted by Crippen LogP contribution is -2.23. The fourth-order valence-corrected chi connectivity index (χ4v) is 2.01. The maximum absolute atomic E-state index is 11.6. The number of aromatic amines is 2. The highest BCUT2D eigenvalue weighted by Gasteiger charge is 2.06. The van der Waals surface area contributed by atoms with Crippen molar-refractivity contribution in [2.45, 2.75) is 20.8 Å². The SMILES string of the molecule is Cc1cc(C)c(Nc2c[nH]c(=O)[nH]c2=O)c(C)c1. The summed E-state index contributed by atoms with van der Waals surface area (Å²) < 4.78 is 0. The van der Waals surface area contributed by atoms with Crippen molar-refractivity contribution in [2.75, 3.05) is 5.32 Å². The second-order valence-corrected chi connectivity index (χ2v) is 4.38. The molecule has 0 atom stereocenters. The summed E-state index contributed by atoms with van der Waals surface area (Å²) in [6.07, 6.45) is 1.37. The van der Waals surface area contributed by atoms with Crippen LogP contribution in [-0.2, 0) is 0 Å². The molecule has 0 saturated heterocycles. The number of benzene rings is 1. The predicted molar refractivity (Wildman–Crippen MR) is 71.6 cm³/mol. The largest absolute Gasteiger partial charge is 0.349 e. The van der Waals surface area contributed by atoms with Gasteiger partial charge in [-0.05, 0) is 31.9 Å². The maximum Gasteiger partial charge on any atom is 0.325 e. The van der Waals surface area contributed by atoms with E-state index in [4.69, 9.17) is 0 Å². The van der Waals surface area contributed by atoms with Crippen LogP contribution in [0.25, 0.3) is 0 Å². The molecule has 5 heteroatoms. The van der Waals surface area contributed by atoms with Crippen molar-refractivity contribution >= 4 is 11.4 Å². The zero-order valence-corrected chi connectivity index (χ0v) is 10.5. The van der Waals surface area contributed by atoms with Crippen LogP contribution >= 0.6 is 0 Å². The second kappa shape index (κ2) is 4.52. The van der Waals surface area contributed by atoms with Crippen molar-refractivity contribution in [3.63, 3.8) is 0 Å². The first-order chi connectivity index (χ1) is 8.47. The van der Waals surface area contributed by atoms with Crippen molar-refractivity contribution in [1.82, 2.24) is 9.97 Å². The molecule has 1 aromatic carbocycles. The highest BCUT2D eigenvalue weighted by Crippen LogP contribution is 2.23. The molecule has 94 valence electrons. The van der Waals surface area contributed by atoms with Crippen molar-refractivity contribution in [2.24, 2.45) is 0 Å². The van der Waals surface area contributed by atoms with Gasteiger partial charge in [0.25, 0.3) is 5.56 Å². The third-order valence-corrected chi connectivity index (χ3v) is 2.76. The van der Waals surface area contributed by atoms with E-state index in [1.807, 2.05) is 32.9 Å². The molecule has 0 aliphatic heterocycles. The Balaban J connectivity index is 2.46. The molecule has 0 spiro atoms. The van der Waals surface area contributed by atoms with Crippen molar-refractivity contribution in [3.8, 4) is 0 Å². The van der Waals surface area contributed by atoms with Gasteiger partial charge in [0.2, 0.25) is 0 Å². The van der Waals surface area contributed by atoms with E-state index in [0.717, 1.165) is 16.8 Å². The first-order valence-corrected chi connectivity index (χ1v) is 5.64. The molecule has 0 saturated carbocycles. The van der Waals surface area contributed by atoms with Crippen LogP contribution in [0, 0.1) is 20.8 Å². The fraction of sp³-hybridized carbons (Fsp3) is 0.231. The summed E-state index contributed by atoms with van der Waals surface area (Å²) in [5.74, 6) is 0. The van der Waals surface area contributed by atoms with Gasteiger partial charge in [-0.2, -0.15) is 0 Å². The standard InChI is InChI=1S/C13H15N3O2/c1-7-4-8(2)11(9(3)5-7)15-10-6-14-13(18)16-12(10)17/h4-6,15H,1-3H3,(H2,14,16,17,18). The van der Waals surface area contributed by atoms with Gasteiger partial charge < -0.3 is 10.3 Å². The van der Waals surface area contributed by atoms with Gasteiger partial charge in [-0.3, -0.25) is 9.78 Å². The number of H-pyrrole nitrogens is 2. The molecule has 18 heavy (non-hydrogen) atoms. The van der Waals surface area contributed by atoms with E-state index in [9.17, 15) is 9.59 Å². The first-order valence-electron chi connectivity index (χ1n) is 5.64. The normalized spacial score (nSPS) is 10.4. The van der Waals surface area contributed by atoms with E-state index in [0.29, 0.717) is 5.69 Å². The van der Waals surface area contributed by atoms with Gasteiger partial charge in [0.15, 0.2) is 0 Å². The minimum Gasteiger partial charge on any atom is -0.349 e. The van der Waals surface area contributed by atoms with Gasteiger partial charge in [0.1, 0.15) is 5.69 Å². The van der Waals surface area contributed by atoms with Gasteiger partial charge in [-0.1, -0.05) is 17.7 Å².